The second-order valence-corrected chi connectivity index (χ2v) is 8.09. The zero-order chi connectivity index (χ0) is 18.7. The summed E-state index contributed by atoms with van der Waals surface area (Å²) in [6, 6.07) is 2.97. The Kier molecular flexibility index (Phi) is 5.48. The number of carbonyl (C=O) groups excluding carboxylic acids is 2. The zero-order valence-electron chi connectivity index (χ0n) is 13.8. The van der Waals surface area contributed by atoms with Crippen LogP contribution in [0.5, 0.6) is 0 Å². The number of nitro groups is 1. The lowest BCUT2D eigenvalue weighted by Crippen LogP contribution is -2.16. The van der Waals surface area contributed by atoms with Crippen LogP contribution < -0.4 is 11.1 Å². The number of aryl methyl sites for hydroxylation is 1. The number of fused-ring (bicyclic) bond motifs is 1. The van der Waals surface area contributed by atoms with Crippen LogP contribution in [0, 0.1) is 10.1 Å². The summed E-state index contributed by atoms with van der Waals surface area (Å²) in [6.07, 6.45) is 7.70. The molecule has 2 aromatic rings. The Hall–Kier alpha value is -2.52. The number of carbonyl (C=O) groups is 2. The van der Waals surface area contributed by atoms with Crippen molar-refractivity contribution in [3.63, 3.8) is 0 Å². The molecule has 7 nitrogen and oxygen atoms in total. The summed E-state index contributed by atoms with van der Waals surface area (Å²) in [5.74, 6) is -0.933. The van der Waals surface area contributed by atoms with Crippen molar-refractivity contribution in [2.24, 2.45) is 5.73 Å². The maximum atomic E-state index is 12.2. The molecular weight excluding hydrogens is 374 g/mol. The second kappa shape index (κ2) is 7.79. The summed E-state index contributed by atoms with van der Waals surface area (Å²) >= 11 is 2.39. The van der Waals surface area contributed by atoms with Crippen molar-refractivity contribution >= 4 is 50.6 Å². The minimum atomic E-state index is -0.530. The third kappa shape index (κ3) is 4.00. The molecule has 0 aliphatic heterocycles. The van der Waals surface area contributed by atoms with Crippen LogP contribution in [0.1, 0.15) is 44.9 Å². The molecule has 136 valence electrons. The first-order valence-electron chi connectivity index (χ1n) is 8.13. The second-order valence-electron chi connectivity index (χ2n) is 5.89. The van der Waals surface area contributed by atoms with E-state index in [1.54, 1.807) is 6.07 Å². The quantitative estimate of drug-likeness (QED) is 0.349. The van der Waals surface area contributed by atoms with E-state index in [1.807, 2.05) is 0 Å². The molecule has 3 N–H and O–H groups in total. The first-order chi connectivity index (χ1) is 12.5. The van der Waals surface area contributed by atoms with E-state index < -0.39 is 16.7 Å². The van der Waals surface area contributed by atoms with Crippen molar-refractivity contribution in [1.29, 1.82) is 0 Å². The molecule has 9 heteroatoms. The molecule has 0 saturated carbocycles. The Labute approximate surface area is 157 Å². The molecular formula is C17H17N3O4S2. The van der Waals surface area contributed by atoms with Crippen LogP contribution in [-0.4, -0.2) is 16.7 Å². The highest BCUT2D eigenvalue weighted by molar-refractivity contribution is 7.17. The number of anilines is 1. The lowest BCUT2D eigenvalue weighted by molar-refractivity contribution is -0.380. The molecule has 0 aromatic carbocycles. The topological polar surface area (TPSA) is 115 Å². The normalized spacial score (nSPS) is 14.0. The highest BCUT2D eigenvalue weighted by atomic mass is 32.1. The molecule has 0 atom stereocenters. The number of nitrogens with two attached hydrogens (primary N) is 1. The summed E-state index contributed by atoms with van der Waals surface area (Å²) in [5.41, 5.74) is 6.93. The van der Waals surface area contributed by atoms with Crippen LogP contribution in [0.15, 0.2) is 18.2 Å². The third-order valence-electron chi connectivity index (χ3n) is 4.10. The summed E-state index contributed by atoms with van der Waals surface area (Å²) in [6.45, 7) is 0. The van der Waals surface area contributed by atoms with Gasteiger partial charge in [0.2, 0.25) is 5.91 Å². The van der Waals surface area contributed by atoms with E-state index in [-0.39, 0.29) is 5.00 Å². The van der Waals surface area contributed by atoms with E-state index in [1.165, 1.54) is 29.6 Å². The Balaban J connectivity index is 1.77. The predicted molar refractivity (Wildman–Crippen MR) is 103 cm³/mol. The Morgan fingerprint density at radius 3 is 2.65 bits per heavy atom. The molecule has 0 saturated heterocycles. The molecule has 1 aliphatic rings. The van der Waals surface area contributed by atoms with Gasteiger partial charge in [-0.05, 0) is 43.4 Å². The average molecular weight is 391 g/mol. The maximum Gasteiger partial charge on any atom is 0.324 e. The molecule has 2 amide bonds. The monoisotopic (exact) mass is 391 g/mol. The SMILES string of the molecule is NC(=O)c1c(NC(=O)C=Cc2ccc([N+](=O)[O-])s2)sc2c1CCCCC2. The van der Waals surface area contributed by atoms with Gasteiger partial charge in [0.15, 0.2) is 0 Å². The number of rotatable bonds is 5. The van der Waals surface area contributed by atoms with Gasteiger partial charge < -0.3 is 11.1 Å². The first kappa shape index (κ1) is 18.3. The Morgan fingerprint density at radius 1 is 1.19 bits per heavy atom. The molecule has 0 fully saturated rings. The molecule has 0 radical (unpaired) electrons. The number of amides is 2. The summed E-state index contributed by atoms with van der Waals surface area (Å²) in [4.78, 5) is 36.0. The van der Waals surface area contributed by atoms with Crippen molar-refractivity contribution in [1.82, 2.24) is 0 Å². The van der Waals surface area contributed by atoms with E-state index in [0.717, 1.165) is 53.9 Å². The van der Waals surface area contributed by atoms with Gasteiger partial charge in [-0.25, -0.2) is 0 Å². The fourth-order valence-electron chi connectivity index (χ4n) is 2.93. The number of primary amides is 1. The minimum Gasteiger partial charge on any atom is -0.365 e. The van der Waals surface area contributed by atoms with Gasteiger partial charge in [-0.15, -0.1) is 11.3 Å². The number of hydrogen-bond donors (Lipinski definition) is 2. The summed E-state index contributed by atoms with van der Waals surface area (Å²) in [5, 5.41) is 13.9. The van der Waals surface area contributed by atoms with Gasteiger partial charge in [-0.3, -0.25) is 19.7 Å². The number of nitrogens with one attached hydrogen (secondary N) is 1. The van der Waals surface area contributed by atoms with Crippen molar-refractivity contribution < 1.29 is 14.5 Å². The third-order valence-corrected chi connectivity index (χ3v) is 6.31. The molecule has 3 rings (SSSR count). The molecule has 1 aliphatic carbocycles. The average Bonchev–Trinajstić information content (AvgIpc) is 3.12. The number of thiophene rings is 2. The standard InChI is InChI=1S/C17H17N3O4S2/c18-16(22)15-11-4-2-1-3-5-12(11)26-17(15)19-13(21)8-6-10-7-9-14(25-10)20(23)24/h6-9H,1-5H2,(H2,18,22)(H,19,21). The van der Waals surface area contributed by atoms with E-state index >= 15 is 0 Å². The Bertz CT molecular complexity index is 898. The van der Waals surface area contributed by atoms with Crippen molar-refractivity contribution in [2.45, 2.75) is 32.1 Å². The smallest absolute Gasteiger partial charge is 0.324 e. The lowest BCUT2D eigenvalue weighted by Gasteiger charge is -2.04. The van der Waals surface area contributed by atoms with Gasteiger partial charge in [-0.1, -0.05) is 17.8 Å². The molecule has 0 bridgehead atoms. The van der Waals surface area contributed by atoms with Crippen molar-refractivity contribution in [2.75, 3.05) is 5.32 Å². The van der Waals surface area contributed by atoms with Gasteiger partial charge in [0.05, 0.1) is 10.5 Å². The van der Waals surface area contributed by atoms with Crippen LogP contribution >= 0.6 is 22.7 Å². The van der Waals surface area contributed by atoms with E-state index in [0.29, 0.717) is 15.4 Å². The van der Waals surface area contributed by atoms with Crippen LogP contribution in [0.2, 0.25) is 0 Å². The van der Waals surface area contributed by atoms with Crippen molar-refractivity contribution in [3.05, 3.63) is 49.2 Å². The van der Waals surface area contributed by atoms with Gasteiger partial charge in [0, 0.05) is 21.9 Å². The van der Waals surface area contributed by atoms with E-state index in [2.05, 4.69) is 5.32 Å². The summed E-state index contributed by atoms with van der Waals surface area (Å²) in [7, 11) is 0. The van der Waals surface area contributed by atoms with Crippen LogP contribution in [-0.2, 0) is 17.6 Å². The summed E-state index contributed by atoms with van der Waals surface area (Å²) < 4.78 is 0. The number of hydrogen-bond acceptors (Lipinski definition) is 6. The van der Waals surface area contributed by atoms with E-state index in [9.17, 15) is 19.7 Å². The minimum absolute atomic E-state index is 0.0167. The van der Waals surface area contributed by atoms with Gasteiger partial charge in [0.1, 0.15) is 5.00 Å². The fourth-order valence-corrected chi connectivity index (χ4v) is 4.95. The lowest BCUT2D eigenvalue weighted by atomic mass is 10.1. The molecule has 0 spiro atoms. The van der Waals surface area contributed by atoms with Crippen LogP contribution in [0.4, 0.5) is 10.0 Å². The highest BCUT2D eigenvalue weighted by Crippen LogP contribution is 2.37. The van der Waals surface area contributed by atoms with Gasteiger partial charge in [-0.2, -0.15) is 0 Å². The van der Waals surface area contributed by atoms with Crippen LogP contribution in [0.25, 0.3) is 6.08 Å². The predicted octanol–water partition coefficient (Wildman–Crippen LogP) is 3.74. The van der Waals surface area contributed by atoms with Crippen molar-refractivity contribution in [3.8, 4) is 0 Å². The maximum absolute atomic E-state index is 12.2. The zero-order valence-corrected chi connectivity index (χ0v) is 15.5. The van der Waals surface area contributed by atoms with Gasteiger partial charge in [0.25, 0.3) is 5.91 Å². The molecule has 0 unspecified atom stereocenters. The largest absolute Gasteiger partial charge is 0.365 e. The van der Waals surface area contributed by atoms with Gasteiger partial charge >= 0.3 is 5.00 Å². The highest BCUT2D eigenvalue weighted by Gasteiger charge is 2.23. The first-order valence-corrected chi connectivity index (χ1v) is 9.76. The number of nitrogens with zero attached hydrogens (tertiary/aromatic N) is 1. The molecule has 2 heterocycles. The molecule has 26 heavy (non-hydrogen) atoms. The molecule has 2 aromatic heterocycles. The fraction of sp³-hybridized carbons (Fsp3) is 0.294. The Morgan fingerprint density at radius 2 is 1.96 bits per heavy atom. The van der Waals surface area contributed by atoms with E-state index in [4.69, 9.17) is 5.73 Å². The van der Waals surface area contributed by atoms with Crippen LogP contribution in [0.3, 0.4) is 0 Å².